The molecule has 0 saturated carbocycles. The van der Waals surface area contributed by atoms with Crippen molar-refractivity contribution in [3.63, 3.8) is 0 Å². The van der Waals surface area contributed by atoms with Crippen LogP contribution in [0, 0.1) is 0 Å². The van der Waals surface area contributed by atoms with Gasteiger partial charge in [0, 0.05) is 23.6 Å². The third kappa shape index (κ3) is 5.55. The molecule has 0 aliphatic heterocycles. The van der Waals surface area contributed by atoms with Gasteiger partial charge in [-0.05, 0) is 48.2 Å². The Morgan fingerprint density at radius 1 is 0.857 bits per heavy atom. The second-order valence-corrected chi connectivity index (χ2v) is 7.34. The van der Waals surface area contributed by atoms with Crippen LogP contribution in [0.1, 0.15) is 48.0 Å². The van der Waals surface area contributed by atoms with E-state index in [9.17, 15) is 14.4 Å². The first-order chi connectivity index (χ1) is 12.6. The van der Waals surface area contributed by atoms with E-state index >= 15 is 0 Å². The molecular weight excluding hydrogens is 362 g/mol. The lowest BCUT2D eigenvalue weighted by Gasteiger charge is -2.49. The van der Waals surface area contributed by atoms with Gasteiger partial charge in [0.15, 0.2) is 0 Å². The number of ether oxygens (including phenoxy) is 3. The van der Waals surface area contributed by atoms with Gasteiger partial charge in [-0.1, -0.05) is 26.7 Å². The van der Waals surface area contributed by atoms with E-state index in [1.54, 1.807) is 32.8 Å². The first-order valence-electron chi connectivity index (χ1n) is 8.98. The molecule has 0 aliphatic rings. The Balaban J connectivity index is 6.69. The number of nitrogens with zero attached hydrogens (tertiary/aromatic N) is 1. The van der Waals surface area contributed by atoms with Crippen LogP contribution >= 0.6 is 0 Å². The quantitative estimate of drug-likeness (QED) is 0.319. The molecule has 0 rings (SSSR count). The zero-order valence-electron chi connectivity index (χ0n) is 18.3. The SMILES string of the molecule is C=C(C)C(=O)OC(C)(OC(=O)C(=C)C)C(CC)(OC(=O)C(=C)C)C(C)N(C)C. The van der Waals surface area contributed by atoms with E-state index in [0.29, 0.717) is 0 Å². The topological polar surface area (TPSA) is 82.1 Å². The molecule has 0 aromatic heterocycles. The van der Waals surface area contributed by atoms with E-state index in [2.05, 4.69) is 19.7 Å². The molecule has 0 amide bonds. The standard InChI is InChI=1S/C21H33NO6/c1-12-21(16(8)22(10)11,28-19(25)15(6)7)20(9,26-17(23)13(2)3)27-18(24)14(4)5/h16H,2,4,6,12H2,1,3,5,7-11H3. The second-order valence-electron chi connectivity index (χ2n) is 7.34. The summed E-state index contributed by atoms with van der Waals surface area (Å²) in [4.78, 5) is 39.0. The molecule has 7 heteroatoms. The molecule has 0 heterocycles. The molecule has 0 radical (unpaired) electrons. The van der Waals surface area contributed by atoms with Gasteiger partial charge in [0.2, 0.25) is 5.60 Å². The predicted octanol–water partition coefficient (Wildman–Crippen LogP) is 3.16. The van der Waals surface area contributed by atoms with Crippen molar-refractivity contribution in [2.24, 2.45) is 0 Å². The van der Waals surface area contributed by atoms with E-state index in [4.69, 9.17) is 14.2 Å². The van der Waals surface area contributed by atoms with E-state index < -0.39 is 35.3 Å². The summed E-state index contributed by atoms with van der Waals surface area (Å²) in [6.45, 7) is 20.1. The normalized spacial score (nSPS) is 14.5. The van der Waals surface area contributed by atoms with Crippen molar-refractivity contribution in [2.45, 2.75) is 65.4 Å². The maximum atomic E-state index is 12.5. The molecule has 0 aromatic rings. The molecule has 2 unspecified atom stereocenters. The zero-order chi connectivity index (χ0) is 22.4. The lowest BCUT2D eigenvalue weighted by Crippen LogP contribution is -2.67. The van der Waals surface area contributed by atoms with Crippen LogP contribution in [0.25, 0.3) is 0 Å². The summed E-state index contributed by atoms with van der Waals surface area (Å²) >= 11 is 0. The largest absolute Gasteiger partial charge is 0.446 e. The van der Waals surface area contributed by atoms with Gasteiger partial charge in [0.1, 0.15) is 0 Å². The highest BCUT2D eigenvalue weighted by atomic mass is 16.8. The van der Waals surface area contributed by atoms with Crippen LogP contribution in [-0.2, 0) is 28.6 Å². The fourth-order valence-electron chi connectivity index (χ4n) is 2.64. The minimum Gasteiger partial charge on any atom is -0.446 e. The van der Waals surface area contributed by atoms with Crippen LogP contribution in [-0.4, -0.2) is 54.3 Å². The average Bonchev–Trinajstić information content (AvgIpc) is 2.57. The Morgan fingerprint density at radius 3 is 1.43 bits per heavy atom. The van der Waals surface area contributed by atoms with Crippen molar-refractivity contribution in [1.82, 2.24) is 4.90 Å². The third-order valence-electron chi connectivity index (χ3n) is 4.64. The number of hydrogen-bond donors (Lipinski definition) is 0. The molecule has 0 saturated heterocycles. The highest BCUT2D eigenvalue weighted by Crippen LogP contribution is 2.40. The van der Waals surface area contributed by atoms with Gasteiger partial charge in [-0.3, -0.25) is 0 Å². The van der Waals surface area contributed by atoms with E-state index in [1.165, 1.54) is 27.7 Å². The van der Waals surface area contributed by atoms with Crippen molar-refractivity contribution < 1.29 is 28.6 Å². The molecule has 0 fully saturated rings. The minimum atomic E-state index is -1.96. The van der Waals surface area contributed by atoms with Crippen molar-refractivity contribution in [2.75, 3.05) is 14.1 Å². The van der Waals surface area contributed by atoms with Crippen LogP contribution in [0.5, 0.6) is 0 Å². The van der Waals surface area contributed by atoms with Crippen LogP contribution in [0.15, 0.2) is 36.5 Å². The molecule has 28 heavy (non-hydrogen) atoms. The average molecular weight is 395 g/mol. The summed E-state index contributed by atoms with van der Waals surface area (Å²) in [5.41, 5.74) is -1.18. The predicted molar refractivity (Wildman–Crippen MR) is 107 cm³/mol. The molecule has 0 N–H and O–H groups in total. The van der Waals surface area contributed by atoms with Gasteiger partial charge in [0.05, 0.1) is 6.04 Å². The van der Waals surface area contributed by atoms with E-state index in [-0.39, 0.29) is 23.1 Å². The van der Waals surface area contributed by atoms with Crippen molar-refractivity contribution in [3.05, 3.63) is 36.5 Å². The molecule has 0 aromatic carbocycles. The third-order valence-corrected chi connectivity index (χ3v) is 4.64. The first-order valence-corrected chi connectivity index (χ1v) is 8.98. The minimum absolute atomic E-state index is 0.103. The molecule has 7 nitrogen and oxygen atoms in total. The summed E-state index contributed by atoms with van der Waals surface area (Å²) in [6, 6.07) is -0.512. The zero-order valence-corrected chi connectivity index (χ0v) is 18.3. The number of hydrogen-bond acceptors (Lipinski definition) is 7. The summed E-state index contributed by atoms with van der Waals surface area (Å²) in [7, 11) is 3.54. The molecule has 158 valence electrons. The fourth-order valence-corrected chi connectivity index (χ4v) is 2.64. The van der Waals surface area contributed by atoms with E-state index in [1.807, 2.05) is 0 Å². The monoisotopic (exact) mass is 395 g/mol. The molecule has 2 atom stereocenters. The molecule has 0 aliphatic carbocycles. The van der Waals surface area contributed by atoms with Gasteiger partial charge < -0.3 is 19.1 Å². The summed E-state index contributed by atoms with van der Waals surface area (Å²) < 4.78 is 16.9. The summed E-state index contributed by atoms with van der Waals surface area (Å²) in [5.74, 6) is -4.22. The van der Waals surface area contributed by atoms with Crippen molar-refractivity contribution in [3.8, 4) is 0 Å². The number of carbonyl (C=O) groups excluding carboxylic acids is 3. The molecular formula is C21H33NO6. The Bertz CT molecular complexity index is 650. The number of likely N-dealkylation sites (N-methyl/N-ethyl adjacent to an activating group) is 1. The van der Waals surface area contributed by atoms with Gasteiger partial charge in [-0.15, -0.1) is 0 Å². The Hall–Kier alpha value is -2.41. The van der Waals surface area contributed by atoms with Gasteiger partial charge in [-0.2, -0.15) is 0 Å². The van der Waals surface area contributed by atoms with Crippen LogP contribution in [0.3, 0.4) is 0 Å². The Kier molecular flexibility index (Phi) is 8.85. The van der Waals surface area contributed by atoms with Crippen LogP contribution in [0.2, 0.25) is 0 Å². The van der Waals surface area contributed by atoms with Gasteiger partial charge >= 0.3 is 17.9 Å². The molecule has 0 bridgehead atoms. The smallest absolute Gasteiger partial charge is 0.336 e. The van der Waals surface area contributed by atoms with E-state index in [0.717, 1.165) is 0 Å². The maximum absolute atomic E-state index is 12.5. The van der Waals surface area contributed by atoms with Gasteiger partial charge in [0.25, 0.3) is 5.79 Å². The number of carbonyl (C=O) groups is 3. The Morgan fingerprint density at radius 2 is 1.18 bits per heavy atom. The maximum Gasteiger partial charge on any atom is 0.336 e. The Labute approximate surface area is 168 Å². The van der Waals surface area contributed by atoms with Crippen molar-refractivity contribution in [1.29, 1.82) is 0 Å². The van der Waals surface area contributed by atoms with Crippen LogP contribution in [0.4, 0.5) is 0 Å². The number of esters is 3. The molecule has 0 spiro atoms. The highest BCUT2D eigenvalue weighted by Gasteiger charge is 2.60. The highest BCUT2D eigenvalue weighted by molar-refractivity contribution is 5.90. The lowest BCUT2D eigenvalue weighted by atomic mass is 9.82. The fraction of sp³-hybridized carbons (Fsp3) is 0.571. The van der Waals surface area contributed by atoms with Gasteiger partial charge in [-0.25, -0.2) is 14.4 Å². The number of rotatable bonds is 10. The second kappa shape index (κ2) is 9.68. The van der Waals surface area contributed by atoms with Crippen molar-refractivity contribution >= 4 is 17.9 Å². The summed E-state index contributed by atoms with van der Waals surface area (Å²) in [5, 5.41) is 0. The first kappa shape index (κ1) is 25.6. The lowest BCUT2D eigenvalue weighted by molar-refractivity contribution is -0.299. The van der Waals surface area contributed by atoms with Crippen LogP contribution < -0.4 is 0 Å². The summed E-state index contributed by atoms with van der Waals surface area (Å²) in [6.07, 6.45) is 0.175.